The van der Waals surface area contributed by atoms with E-state index in [1.165, 1.54) is 6.07 Å². The number of aromatic hydroxyl groups is 1. The predicted octanol–water partition coefficient (Wildman–Crippen LogP) is 2.46. The maximum absolute atomic E-state index is 12.3. The fourth-order valence-corrected chi connectivity index (χ4v) is 2.77. The monoisotopic (exact) mass is 291 g/mol. The number of phenolic OH excluding ortho intramolecular Hbond substituents is 1. The average Bonchev–Trinajstić information content (AvgIpc) is 2.44. The molecule has 5 nitrogen and oxygen atoms in total. The van der Waals surface area contributed by atoms with Gasteiger partial charge in [-0.25, -0.2) is 4.79 Å². The van der Waals surface area contributed by atoms with Crippen LogP contribution in [-0.2, 0) is 4.79 Å². The standard InChI is InChI=1S/C16H21NO4/c1-10-6-8-16(9-7-10,15(20)21)17-14(19)12-5-3-4-11(2)13(12)18/h3-5,10,18H,6-9H2,1-2H3,(H,17,19)(H,20,21). The molecular weight excluding hydrogens is 270 g/mol. The van der Waals surface area contributed by atoms with Crippen molar-refractivity contribution in [1.82, 2.24) is 5.32 Å². The fourth-order valence-electron chi connectivity index (χ4n) is 2.77. The van der Waals surface area contributed by atoms with E-state index in [1.54, 1.807) is 19.1 Å². The van der Waals surface area contributed by atoms with Crippen molar-refractivity contribution in [1.29, 1.82) is 0 Å². The molecule has 114 valence electrons. The SMILES string of the molecule is Cc1cccc(C(=O)NC2(C(=O)O)CCC(C)CC2)c1O. The van der Waals surface area contributed by atoms with E-state index in [1.807, 2.05) is 0 Å². The summed E-state index contributed by atoms with van der Waals surface area (Å²) in [5.41, 5.74) is -0.515. The molecule has 21 heavy (non-hydrogen) atoms. The number of hydrogen-bond acceptors (Lipinski definition) is 3. The van der Waals surface area contributed by atoms with Crippen LogP contribution in [0.25, 0.3) is 0 Å². The van der Waals surface area contributed by atoms with Crippen molar-refractivity contribution < 1.29 is 19.8 Å². The molecule has 1 aliphatic carbocycles. The third kappa shape index (κ3) is 3.01. The molecule has 0 heterocycles. The summed E-state index contributed by atoms with van der Waals surface area (Å²) in [5.74, 6) is -1.16. The Kier molecular flexibility index (Phi) is 4.21. The van der Waals surface area contributed by atoms with Gasteiger partial charge in [0.15, 0.2) is 0 Å². The summed E-state index contributed by atoms with van der Waals surface area (Å²) in [5, 5.41) is 22.1. The van der Waals surface area contributed by atoms with Gasteiger partial charge >= 0.3 is 5.97 Å². The van der Waals surface area contributed by atoms with Crippen LogP contribution < -0.4 is 5.32 Å². The molecule has 0 unspecified atom stereocenters. The molecule has 0 atom stereocenters. The molecular formula is C16H21NO4. The van der Waals surface area contributed by atoms with Crippen LogP contribution in [0.5, 0.6) is 5.75 Å². The van der Waals surface area contributed by atoms with Crippen molar-refractivity contribution in [3.8, 4) is 5.75 Å². The first kappa shape index (κ1) is 15.4. The molecule has 0 aliphatic heterocycles. The Hall–Kier alpha value is -2.04. The number of aliphatic carboxylic acids is 1. The van der Waals surface area contributed by atoms with Crippen LogP contribution in [0.3, 0.4) is 0 Å². The van der Waals surface area contributed by atoms with Crippen LogP contribution in [0.4, 0.5) is 0 Å². The Balaban J connectivity index is 2.23. The van der Waals surface area contributed by atoms with Gasteiger partial charge in [-0.1, -0.05) is 19.1 Å². The molecule has 0 radical (unpaired) electrons. The Morgan fingerprint density at radius 1 is 1.29 bits per heavy atom. The van der Waals surface area contributed by atoms with Gasteiger partial charge in [-0.2, -0.15) is 0 Å². The van der Waals surface area contributed by atoms with Gasteiger partial charge in [0.05, 0.1) is 5.56 Å². The number of carbonyl (C=O) groups is 2. The first-order valence-electron chi connectivity index (χ1n) is 7.20. The zero-order valence-corrected chi connectivity index (χ0v) is 12.3. The highest BCUT2D eigenvalue weighted by molar-refractivity contribution is 6.00. The Morgan fingerprint density at radius 3 is 2.48 bits per heavy atom. The number of phenols is 1. The summed E-state index contributed by atoms with van der Waals surface area (Å²) in [4.78, 5) is 24.0. The third-order valence-electron chi connectivity index (χ3n) is 4.37. The molecule has 0 aromatic heterocycles. The quantitative estimate of drug-likeness (QED) is 0.798. The molecule has 1 saturated carbocycles. The average molecular weight is 291 g/mol. The van der Waals surface area contributed by atoms with E-state index in [9.17, 15) is 19.8 Å². The minimum Gasteiger partial charge on any atom is -0.507 e. The molecule has 2 rings (SSSR count). The third-order valence-corrected chi connectivity index (χ3v) is 4.37. The number of rotatable bonds is 3. The van der Waals surface area contributed by atoms with Crippen LogP contribution >= 0.6 is 0 Å². The van der Waals surface area contributed by atoms with E-state index in [-0.39, 0.29) is 11.3 Å². The molecule has 1 aromatic carbocycles. The summed E-state index contributed by atoms with van der Waals surface area (Å²) < 4.78 is 0. The van der Waals surface area contributed by atoms with E-state index >= 15 is 0 Å². The second-order valence-electron chi connectivity index (χ2n) is 5.99. The van der Waals surface area contributed by atoms with Crippen molar-refractivity contribution in [3.63, 3.8) is 0 Å². The van der Waals surface area contributed by atoms with Gasteiger partial charge in [-0.05, 0) is 50.2 Å². The zero-order chi connectivity index (χ0) is 15.6. The second-order valence-corrected chi connectivity index (χ2v) is 5.99. The van der Waals surface area contributed by atoms with Crippen LogP contribution in [0.15, 0.2) is 18.2 Å². The van der Waals surface area contributed by atoms with Gasteiger partial charge in [0.1, 0.15) is 11.3 Å². The maximum Gasteiger partial charge on any atom is 0.329 e. The Morgan fingerprint density at radius 2 is 1.90 bits per heavy atom. The van der Waals surface area contributed by atoms with Crippen molar-refractivity contribution in [2.75, 3.05) is 0 Å². The Labute approximate surface area is 124 Å². The minimum atomic E-state index is -1.22. The molecule has 3 N–H and O–H groups in total. The van der Waals surface area contributed by atoms with Crippen LogP contribution in [-0.4, -0.2) is 27.6 Å². The summed E-state index contributed by atoms with van der Waals surface area (Å²) >= 11 is 0. The van der Waals surface area contributed by atoms with Gasteiger partial charge in [-0.15, -0.1) is 0 Å². The minimum absolute atomic E-state index is 0.0975. The number of carboxylic acids is 1. The van der Waals surface area contributed by atoms with Gasteiger partial charge in [0, 0.05) is 0 Å². The highest BCUT2D eigenvalue weighted by atomic mass is 16.4. The van der Waals surface area contributed by atoms with E-state index in [0.717, 1.165) is 12.8 Å². The van der Waals surface area contributed by atoms with Crippen LogP contribution in [0, 0.1) is 12.8 Å². The van der Waals surface area contributed by atoms with Crippen molar-refractivity contribution in [2.45, 2.75) is 45.1 Å². The van der Waals surface area contributed by atoms with E-state index < -0.39 is 17.4 Å². The number of nitrogens with one attached hydrogen (secondary N) is 1. The normalized spacial score (nSPS) is 25.3. The largest absolute Gasteiger partial charge is 0.507 e. The smallest absolute Gasteiger partial charge is 0.329 e. The number of carboxylic acid groups (broad SMARTS) is 1. The number of amides is 1. The topological polar surface area (TPSA) is 86.6 Å². The first-order chi connectivity index (χ1) is 9.85. The lowest BCUT2D eigenvalue weighted by molar-refractivity contribution is -0.146. The zero-order valence-electron chi connectivity index (χ0n) is 12.3. The number of benzene rings is 1. The van der Waals surface area contributed by atoms with Crippen molar-refractivity contribution >= 4 is 11.9 Å². The number of hydrogen-bond donors (Lipinski definition) is 3. The summed E-state index contributed by atoms with van der Waals surface area (Å²) in [6.45, 7) is 3.78. The highest BCUT2D eigenvalue weighted by Crippen LogP contribution is 2.33. The molecule has 1 amide bonds. The van der Waals surface area contributed by atoms with Crippen molar-refractivity contribution in [3.05, 3.63) is 29.3 Å². The fraction of sp³-hybridized carbons (Fsp3) is 0.500. The van der Waals surface area contributed by atoms with E-state index in [4.69, 9.17) is 0 Å². The molecule has 1 aromatic rings. The molecule has 0 saturated heterocycles. The molecule has 1 aliphatic rings. The summed E-state index contributed by atoms with van der Waals surface area (Å²) in [7, 11) is 0. The lowest BCUT2D eigenvalue weighted by atomic mass is 9.77. The summed E-state index contributed by atoms with van der Waals surface area (Å²) in [6, 6.07) is 4.86. The lowest BCUT2D eigenvalue weighted by Crippen LogP contribution is -2.56. The van der Waals surface area contributed by atoms with Crippen molar-refractivity contribution in [2.24, 2.45) is 5.92 Å². The molecule has 0 bridgehead atoms. The van der Waals surface area contributed by atoms with Gasteiger partial charge in [0.2, 0.25) is 0 Å². The van der Waals surface area contributed by atoms with Gasteiger partial charge < -0.3 is 15.5 Å². The number of para-hydroxylation sites is 1. The number of aryl methyl sites for hydroxylation is 1. The molecule has 1 fully saturated rings. The molecule has 0 spiro atoms. The predicted molar refractivity (Wildman–Crippen MR) is 78.3 cm³/mol. The van der Waals surface area contributed by atoms with E-state index in [0.29, 0.717) is 24.3 Å². The lowest BCUT2D eigenvalue weighted by Gasteiger charge is -2.36. The van der Waals surface area contributed by atoms with Gasteiger partial charge in [0.25, 0.3) is 5.91 Å². The molecule has 5 heteroatoms. The van der Waals surface area contributed by atoms with E-state index in [2.05, 4.69) is 12.2 Å². The highest BCUT2D eigenvalue weighted by Gasteiger charge is 2.42. The second kappa shape index (κ2) is 5.76. The number of carbonyl (C=O) groups excluding carboxylic acids is 1. The Bertz CT molecular complexity index is 559. The van der Waals surface area contributed by atoms with Crippen LogP contribution in [0.1, 0.15) is 48.5 Å². The maximum atomic E-state index is 12.3. The van der Waals surface area contributed by atoms with Crippen LogP contribution in [0.2, 0.25) is 0 Å². The van der Waals surface area contributed by atoms with Gasteiger partial charge in [-0.3, -0.25) is 4.79 Å². The summed E-state index contributed by atoms with van der Waals surface area (Å²) in [6.07, 6.45) is 2.38. The first-order valence-corrected chi connectivity index (χ1v) is 7.20.